The molecule has 0 aromatic heterocycles. The van der Waals surface area contributed by atoms with Crippen molar-refractivity contribution >= 4 is 26.2 Å². The van der Waals surface area contributed by atoms with Gasteiger partial charge >= 0.3 is 5.97 Å². The third kappa shape index (κ3) is 10.9. The van der Waals surface area contributed by atoms with E-state index >= 15 is 0 Å². The quantitative estimate of drug-likeness (QED) is 0.519. The highest BCUT2D eigenvalue weighted by atomic mass is 32.2. The van der Waals surface area contributed by atoms with Gasteiger partial charge in [-0.25, -0.2) is 4.79 Å². The predicted octanol–water partition coefficient (Wildman–Crippen LogP) is -0.433. The summed E-state index contributed by atoms with van der Waals surface area (Å²) in [5, 5.41) is 17.4. The fourth-order valence-corrected chi connectivity index (χ4v) is 2.67. The molecule has 21 heavy (non-hydrogen) atoms. The van der Waals surface area contributed by atoms with E-state index in [1.54, 1.807) is 30.3 Å². The van der Waals surface area contributed by atoms with Gasteiger partial charge in [0.2, 0.25) is 0 Å². The van der Waals surface area contributed by atoms with Gasteiger partial charge in [0, 0.05) is 0 Å². The maximum absolute atomic E-state index is 10.2. The molecule has 0 radical (unpaired) electrons. The van der Waals surface area contributed by atoms with Crippen LogP contribution in [0, 0.1) is 0 Å². The molecule has 0 saturated heterocycles. The highest BCUT2D eigenvalue weighted by Crippen LogP contribution is 2.10. The fourth-order valence-electron chi connectivity index (χ4n) is 0.989. The van der Waals surface area contributed by atoms with Crippen molar-refractivity contribution in [2.75, 3.05) is 11.5 Å². The van der Waals surface area contributed by atoms with Gasteiger partial charge in [-0.05, 0) is 5.56 Å². The SMILES string of the molecule is O=C(O)C(O)c1ccccc1.O=S(=O)(O)CCS(=O)(=O)O. The van der Waals surface area contributed by atoms with Crippen molar-refractivity contribution in [3.63, 3.8) is 0 Å². The zero-order valence-corrected chi connectivity index (χ0v) is 12.2. The molecule has 0 bridgehead atoms. The van der Waals surface area contributed by atoms with E-state index in [1.165, 1.54) is 0 Å². The summed E-state index contributed by atoms with van der Waals surface area (Å²) in [6, 6.07) is 8.26. The number of carboxylic acids is 1. The van der Waals surface area contributed by atoms with Crippen LogP contribution in [-0.4, -0.2) is 53.6 Å². The third-order valence-corrected chi connectivity index (χ3v) is 3.65. The van der Waals surface area contributed by atoms with Gasteiger partial charge in [0.1, 0.15) is 0 Å². The lowest BCUT2D eigenvalue weighted by Crippen LogP contribution is -2.15. The lowest BCUT2D eigenvalue weighted by molar-refractivity contribution is -0.146. The Morgan fingerprint density at radius 3 is 1.62 bits per heavy atom. The summed E-state index contributed by atoms with van der Waals surface area (Å²) in [6.07, 6.45) is -1.41. The monoisotopic (exact) mass is 342 g/mol. The number of benzene rings is 1. The molecule has 0 amide bonds. The second kappa shape index (κ2) is 8.05. The van der Waals surface area contributed by atoms with E-state index in [0.29, 0.717) is 5.56 Å². The number of aliphatic hydroxyl groups is 1. The first kappa shape index (κ1) is 19.5. The van der Waals surface area contributed by atoms with Crippen LogP contribution < -0.4 is 0 Å². The number of aliphatic hydroxyl groups excluding tert-OH is 1. The standard InChI is InChI=1S/C8H8O3.C2H6O6S2/c9-7(8(10)11)6-4-2-1-3-5-6;3-9(4,5)1-2-10(6,7)8/h1-5,7,9H,(H,10,11);1-2H2,(H,3,4,5)(H,6,7,8). The van der Waals surface area contributed by atoms with Crippen molar-refractivity contribution in [3.8, 4) is 0 Å². The minimum atomic E-state index is -4.30. The maximum Gasteiger partial charge on any atom is 0.337 e. The van der Waals surface area contributed by atoms with E-state index in [0.717, 1.165) is 0 Å². The Hall–Kier alpha value is -1.53. The molecule has 0 saturated carbocycles. The molecule has 0 heterocycles. The molecule has 1 unspecified atom stereocenters. The van der Waals surface area contributed by atoms with Gasteiger partial charge in [0.15, 0.2) is 6.10 Å². The number of hydrogen-bond acceptors (Lipinski definition) is 6. The average Bonchev–Trinajstić information content (AvgIpc) is 2.36. The van der Waals surface area contributed by atoms with E-state index in [1.807, 2.05) is 0 Å². The smallest absolute Gasteiger partial charge is 0.337 e. The van der Waals surface area contributed by atoms with E-state index in [-0.39, 0.29) is 0 Å². The van der Waals surface area contributed by atoms with Crippen molar-refractivity contribution in [2.24, 2.45) is 0 Å². The summed E-state index contributed by atoms with van der Waals surface area (Å²) < 4.78 is 55.4. The molecule has 4 N–H and O–H groups in total. The summed E-state index contributed by atoms with van der Waals surface area (Å²) in [7, 11) is -8.59. The van der Waals surface area contributed by atoms with E-state index < -0.39 is 43.8 Å². The van der Waals surface area contributed by atoms with Crippen LogP contribution in [0.25, 0.3) is 0 Å². The first-order valence-electron chi connectivity index (χ1n) is 5.28. The van der Waals surface area contributed by atoms with Gasteiger partial charge in [-0.3, -0.25) is 9.11 Å². The zero-order valence-electron chi connectivity index (χ0n) is 10.5. The minimum absolute atomic E-state index is 0.403. The largest absolute Gasteiger partial charge is 0.479 e. The second-order valence-electron chi connectivity index (χ2n) is 3.72. The average molecular weight is 342 g/mol. The van der Waals surface area contributed by atoms with Gasteiger partial charge < -0.3 is 10.2 Å². The molecule has 0 fully saturated rings. The Morgan fingerprint density at radius 2 is 1.33 bits per heavy atom. The molecule has 0 aliphatic heterocycles. The van der Waals surface area contributed by atoms with E-state index in [9.17, 15) is 21.6 Å². The molecule has 9 nitrogen and oxygen atoms in total. The lowest BCUT2D eigenvalue weighted by atomic mass is 10.1. The van der Waals surface area contributed by atoms with Crippen LogP contribution in [0.5, 0.6) is 0 Å². The molecule has 120 valence electrons. The number of hydrogen-bond donors (Lipinski definition) is 4. The van der Waals surface area contributed by atoms with Gasteiger partial charge in [-0.15, -0.1) is 0 Å². The van der Waals surface area contributed by atoms with Crippen molar-refractivity contribution < 1.29 is 40.9 Å². The summed E-state index contributed by atoms with van der Waals surface area (Å²) in [5.74, 6) is -3.19. The van der Waals surface area contributed by atoms with E-state index in [4.69, 9.17) is 19.3 Å². The highest BCUT2D eigenvalue weighted by molar-refractivity contribution is 7.89. The van der Waals surface area contributed by atoms with Crippen molar-refractivity contribution in [3.05, 3.63) is 35.9 Å². The van der Waals surface area contributed by atoms with Gasteiger partial charge in [0.25, 0.3) is 20.2 Å². The van der Waals surface area contributed by atoms with Crippen molar-refractivity contribution in [1.82, 2.24) is 0 Å². The topological polar surface area (TPSA) is 166 Å². The minimum Gasteiger partial charge on any atom is -0.479 e. The molecule has 0 spiro atoms. The number of carboxylic acid groups (broad SMARTS) is 1. The third-order valence-electron chi connectivity index (χ3n) is 1.95. The molecular weight excluding hydrogens is 328 g/mol. The number of aliphatic carboxylic acids is 1. The molecule has 0 aliphatic carbocycles. The van der Waals surface area contributed by atoms with Crippen LogP contribution in [0.1, 0.15) is 11.7 Å². The molecule has 1 rings (SSSR count). The normalized spacial score (nSPS) is 12.9. The summed E-state index contributed by atoms with van der Waals surface area (Å²) >= 11 is 0. The van der Waals surface area contributed by atoms with Gasteiger partial charge in [0.05, 0.1) is 11.5 Å². The first-order valence-corrected chi connectivity index (χ1v) is 8.50. The Labute approximate surface area is 121 Å². The Bertz CT molecular complexity index is 617. The summed E-state index contributed by atoms with van der Waals surface area (Å²) in [5.41, 5.74) is 0.403. The van der Waals surface area contributed by atoms with Crippen LogP contribution >= 0.6 is 0 Å². The maximum atomic E-state index is 10.2. The van der Waals surface area contributed by atoms with Crippen LogP contribution in [0.15, 0.2) is 30.3 Å². The summed E-state index contributed by atoms with van der Waals surface area (Å²) in [6.45, 7) is 0. The zero-order chi connectivity index (χ0) is 16.7. The number of carbonyl (C=O) groups is 1. The van der Waals surface area contributed by atoms with Crippen LogP contribution in [0.2, 0.25) is 0 Å². The Kier molecular flexibility index (Phi) is 7.46. The first-order chi connectivity index (χ1) is 9.42. The van der Waals surface area contributed by atoms with Gasteiger partial charge in [-0.1, -0.05) is 30.3 Å². The fraction of sp³-hybridized carbons (Fsp3) is 0.300. The number of rotatable bonds is 5. The Balaban J connectivity index is 0.000000384. The molecule has 1 atom stereocenters. The van der Waals surface area contributed by atoms with Crippen molar-refractivity contribution in [2.45, 2.75) is 6.10 Å². The van der Waals surface area contributed by atoms with Crippen LogP contribution in [0.3, 0.4) is 0 Å². The molecule has 1 aromatic rings. The molecule has 0 aliphatic rings. The van der Waals surface area contributed by atoms with E-state index in [2.05, 4.69) is 0 Å². The Morgan fingerprint density at radius 1 is 0.952 bits per heavy atom. The molecule has 11 heteroatoms. The van der Waals surface area contributed by atoms with Crippen LogP contribution in [-0.2, 0) is 25.0 Å². The van der Waals surface area contributed by atoms with Gasteiger partial charge in [-0.2, -0.15) is 16.8 Å². The molecular formula is C10H14O9S2. The van der Waals surface area contributed by atoms with Crippen LogP contribution in [0.4, 0.5) is 0 Å². The van der Waals surface area contributed by atoms with Crippen molar-refractivity contribution in [1.29, 1.82) is 0 Å². The molecule has 1 aromatic carbocycles. The lowest BCUT2D eigenvalue weighted by Gasteiger charge is -2.03. The second-order valence-corrected chi connectivity index (χ2v) is 6.87. The predicted molar refractivity (Wildman–Crippen MR) is 71.9 cm³/mol. The highest BCUT2D eigenvalue weighted by Gasteiger charge is 2.14. The summed E-state index contributed by atoms with van der Waals surface area (Å²) in [4.78, 5) is 10.2.